The molecule has 1 aromatic carbocycles. The molecule has 0 saturated carbocycles. The number of piperidine rings is 1. The van der Waals surface area contributed by atoms with Crippen LogP contribution in [0.5, 0.6) is 0 Å². The maximum atomic E-state index is 12.7. The molecule has 7 heteroatoms. The molecule has 0 unspecified atom stereocenters. The normalized spacial score (nSPS) is 19.1. The van der Waals surface area contributed by atoms with Crippen molar-refractivity contribution in [2.24, 2.45) is 0 Å². The molecule has 1 saturated heterocycles. The fourth-order valence-corrected chi connectivity index (χ4v) is 4.26. The van der Waals surface area contributed by atoms with Gasteiger partial charge in [-0.1, -0.05) is 11.6 Å². The van der Waals surface area contributed by atoms with Gasteiger partial charge in [0.2, 0.25) is 10.0 Å². The number of nitriles is 1. The number of benzene rings is 1. The van der Waals surface area contributed by atoms with Gasteiger partial charge in [-0.15, -0.1) is 0 Å². The Hall–Kier alpha value is -1.13. The van der Waals surface area contributed by atoms with Gasteiger partial charge < -0.3 is 5.32 Å². The average molecular weight is 328 g/mol. The van der Waals surface area contributed by atoms with Crippen molar-refractivity contribution in [3.05, 3.63) is 28.8 Å². The standard InChI is InChI=1S/C14H18ClN3O2S/c1-14(17-2)5-7-18(8-6-14)21(19,20)13-9-12(15)4-3-11(13)10-16/h3-4,9,17H,5-8H2,1-2H3. The molecule has 0 radical (unpaired) electrons. The Kier molecular flexibility index (Phi) is 4.59. The van der Waals surface area contributed by atoms with Gasteiger partial charge >= 0.3 is 0 Å². The molecule has 1 N–H and O–H groups in total. The van der Waals surface area contributed by atoms with Crippen LogP contribution in [0.3, 0.4) is 0 Å². The maximum Gasteiger partial charge on any atom is 0.244 e. The summed E-state index contributed by atoms with van der Waals surface area (Å²) in [6.45, 7) is 2.94. The first-order chi connectivity index (χ1) is 9.82. The van der Waals surface area contributed by atoms with E-state index >= 15 is 0 Å². The van der Waals surface area contributed by atoms with E-state index in [4.69, 9.17) is 16.9 Å². The molecule has 0 spiro atoms. The molecule has 21 heavy (non-hydrogen) atoms. The van der Waals surface area contributed by atoms with Crippen molar-refractivity contribution >= 4 is 21.6 Å². The smallest absolute Gasteiger partial charge is 0.244 e. The Balaban J connectivity index is 2.32. The largest absolute Gasteiger partial charge is 0.314 e. The number of halogens is 1. The Labute approximate surface area is 130 Å². The van der Waals surface area contributed by atoms with E-state index in [0.717, 1.165) is 12.8 Å². The third-order valence-electron chi connectivity index (χ3n) is 4.11. The average Bonchev–Trinajstić information content (AvgIpc) is 2.47. The highest BCUT2D eigenvalue weighted by molar-refractivity contribution is 7.89. The molecule has 0 aromatic heterocycles. The minimum absolute atomic E-state index is 0.00874. The van der Waals surface area contributed by atoms with Crippen molar-refractivity contribution in [1.29, 1.82) is 5.26 Å². The van der Waals surface area contributed by atoms with Gasteiger partial charge in [0.1, 0.15) is 11.0 Å². The summed E-state index contributed by atoms with van der Waals surface area (Å²) in [5, 5.41) is 12.6. The van der Waals surface area contributed by atoms with Gasteiger partial charge in [-0.2, -0.15) is 9.57 Å². The Morgan fingerprint density at radius 2 is 2.00 bits per heavy atom. The minimum Gasteiger partial charge on any atom is -0.314 e. The lowest BCUT2D eigenvalue weighted by atomic mass is 9.91. The van der Waals surface area contributed by atoms with Crippen LogP contribution in [0, 0.1) is 11.3 Å². The van der Waals surface area contributed by atoms with E-state index in [1.54, 1.807) is 0 Å². The van der Waals surface area contributed by atoms with Crippen LogP contribution in [0.1, 0.15) is 25.3 Å². The lowest BCUT2D eigenvalue weighted by Gasteiger charge is -2.38. The summed E-state index contributed by atoms with van der Waals surface area (Å²) in [4.78, 5) is -0.00874. The van der Waals surface area contributed by atoms with Crippen LogP contribution in [-0.4, -0.2) is 38.4 Å². The third kappa shape index (κ3) is 3.22. The third-order valence-corrected chi connectivity index (χ3v) is 6.29. The van der Waals surface area contributed by atoms with Crippen molar-refractivity contribution in [3.8, 4) is 6.07 Å². The molecule has 0 amide bonds. The van der Waals surface area contributed by atoms with Crippen LogP contribution in [-0.2, 0) is 10.0 Å². The molecule has 1 aliphatic rings. The SMILES string of the molecule is CNC1(C)CCN(S(=O)(=O)c2cc(Cl)ccc2C#N)CC1. The molecule has 5 nitrogen and oxygen atoms in total. The molecule has 114 valence electrons. The summed E-state index contributed by atoms with van der Waals surface area (Å²) in [7, 11) is -1.80. The van der Waals surface area contributed by atoms with Crippen molar-refractivity contribution in [1.82, 2.24) is 9.62 Å². The summed E-state index contributed by atoms with van der Waals surface area (Å²) in [6.07, 6.45) is 1.45. The predicted octanol–water partition coefficient (Wildman–Crippen LogP) is 1.97. The first kappa shape index (κ1) is 16.2. The summed E-state index contributed by atoms with van der Waals surface area (Å²) >= 11 is 5.88. The number of hydrogen-bond acceptors (Lipinski definition) is 4. The molecule has 1 aliphatic heterocycles. The van der Waals surface area contributed by atoms with Crippen molar-refractivity contribution in [3.63, 3.8) is 0 Å². The molecule has 0 aliphatic carbocycles. The topological polar surface area (TPSA) is 73.2 Å². The first-order valence-electron chi connectivity index (χ1n) is 6.71. The summed E-state index contributed by atoms with van der Waals surface area (Å²) < 4.78 is 26.9. The fourth-order valence-electron chi connectivity index (χ4n) is 2.41. The zero-order chi connectivity index (χ0) is 15.7. The number of nitrogens with zero attached hydrogens (tertiary/aromatic N) is 2. The Bertz CT molecular complexity index is 674. The molecule has 1 fully saturated rings. The van der Waals surface area contributed by atoms with Gasteiger partial charge in [-0.05, 0) is 45.0 Å². The second kappa shape index (κ2) is 5.93. The van der Waals surface area contributed by atoms with E-state index in [9.17, 15) is 8.42 Å². The van der Waals surface area contributed by atoms with Gasteiger partial charge in [-0.3, -0.25) is 0 Å². The highest BCUT2D eigenvalue weighted by Crippen LogP contribution is 2.28. The molecule has 1 aromatic rings. The first-order valence-corrected chi connectivity index (χ1v) is 8.53. The van der Waals surface area contributed by atoms with Crippen LogP contribution in [0.4, 0.5) is 0 Å². The van der Waals surface area contributed by atoms with E-state index in [-0.39, 0.29) is 16.0 Å². The summed E-state index contributed by atoms with van der Waals surface area (Å²) in [5.41, 5.74) is 0.0830. The van der Waals surface area contributed by atoms with Crippen LogP contribution in [0.25, 0.3) is 0 Å². The molecular weight excluding hydrogens is 310 g/mol. The zero-order valence-corrected chi connectivity index (χ0v) is 13.6. The lowest BCUT2D eigenvalue weighted by molar-refractivity contribution is 0.219. The molecule has 0 atom stereocenters. The molecule has 1 heterocycles. The van der Waals surface area contributed by atoms with Gasteiger partial charge in [0.15, 0.2) is 0 Å². The Morgan fingerprint density at radius 3 is 2.52 bits per heavy atom. The van der Waals surface area contributed by atoms with Crippen LogP contribution >= 0.6 is 11.6 Å². The zero-order valence-electron chi connectivity index (χ0n) is 12.1. The maximum absolute atomic E-state index is 12.7. The van der Waals surface area contributed by atoms with Crippen LogP contribution in [0.2, 0.25) is 5.02 Å². The van der Waals surface area contributed by atoms with E-state index in [2.05, 4.69) is 12.2 Å². The number of nitrogens with one attached hydrogen (secondary N) is 1. The van der Waals surface area contributed by atoms with Crippen molar-refractivity contribution < 1.29 is 8.42 Å². The Morgan fingerprint density at radius 1 is 1.38 bits per heavy atom. The quantitative estimate of drug-likeness (QED) is 0.921. The van der Waals surface area contributed by atoms with Crippen LogP contribution < -0.4 is 5.32 Å². The van der Waals surface area contributed by atoms with Crippen LogP contribution in [0.15, 0.2) is 23.1 Å². The second-order valence-electron chi connectivity index (χ2n) is 5.47. The number of hydrogen-bond donors (Lipinski definition) is 1. The van der Waals surface area contributed by atoms with Gasteiger partial charge in [-0.25, -0.2) is 8.42 Å². The highest BCUT2D eigenvalue weighted by atomic mass is 35.5. The second-order valence-corrected chi connectivity index (χ2v) is 7.81. The van der Waals surface area contributed by atoms with Gasteiger partial charge in [0.25, 0.3) is 0 Å². The van der Waals surface area contributed by atoms with Crippen molar-refractivity contribution in [2.45, 2.75) is 30.2 Å². The molecular formula is C14H18ClN3O2S. The summed E-state index contributed by atoms with van der Waals surface area (Å²) in [6, 6.07) is 6.23. The van der Waals surface area contributed by atoms with E-state index < -0.39 is 10.0 Å². The number of sulfonamides is 1. The molecule has 0 bridgehead atoms. The van der Waals surface area contributed by atoms with E-state index in [1.807, 2.05) is 13.1 Å². The van der Waals surface area contributed by atoms with Gasteiger partial charge in [0.05, 0.1) is 5.56 Å². The lowest BCUT2D eigenvalue weighted by Crippen LogP contribution is -2.51. The fraction of sp³-hybridized carbons (Fsp3) is 0.500. The monoisotopic (exact) mass is 327 g/mol. The summed E-state index contributed by atoms with van der Waals surface area (Å²) in [5.74, 6) is 0. The molecule has 2 rings (SSSR count). The van der Waals surface area contributed by atoms with E-state index in [1.165, 1.54) is 22.5 Å². The van der Waals surface area contributed by atoms with Crippen molar-refractivity contribution in [2.75, 3.05) is 20.1 Å². The predicted molar refractivity (Wildman–Crippen MR) is 81.6 cm³/mol. The minimum atomic E-state index is -3.69. The number of rotatable bonds is 3. The highest BCUT2D eigenvalue weighted by Gasteiger charge is 2.35. The van der Waals surface area contributed by atoms with Gasteiger partial charge in [0, 0.05) is 23.7 Å². The van der Waals surface area contributed by atoms with E-state index in [0.29, 0.717) is 18.1 Å².